The van der Waals surface area contributed by atoms with Gasteiger partial charge in [0.25, 0.3) is 0 Å². The molecule has 1 atom stereocenters. The van der Waals surface area contributed by atoms with Crippen molar-refractivity contribution in [2.45, 2.75) is 25.7 Å². The second kappa shape index (κ2) is 10.4. The Morgan fingerprint density at radius 1 is 1.44 bits per heavy atom. The Labute approximate surface area is 167 Å². The van der Waals surface area contributed by atoms with E-state index in [2.05, 4.69) is 15.5 Å². The first-order valence-corrected chi connectivity index (χ1v) is 9.72. The van der Waals surface area contributed by atoms with E-state index in [4.69, 9.17) is 10.3 Å². The van der Waals surface area contributed by atoms with Gasteiger partial charge in [0, 0.05) is 50.0 Å². The molecule has 3 rings (SSSR count). The number of halogens is 1. The van der Waals surface area contributed by atoms with Crippen LogP contribution in [-0.2, 0) is 16.0 Å². The number of thiophene rings is 1. The van der Waals surface area contributed by atoms with Gasteiger partial charge in [-0.1, -0.05) is 5.16 Å². The molecule has 27 heavy (non-hydrogen) atoms. The predicted octanol–water partition coefficient (Wildman–Crippen LogP) is 1.47. The third kappa shape index (κ3) is 5.75. The summed E-state index contributed by atoms with van der Waals surface area (Å²) in [6, 6.07) is 1.92. The SMILES string of the molecule is Cl.NCCNC(=O)C1CCCN(C(=O)CCc2nc(-c3ccsc3)no2)C1. The summed E-state index contributed by atoms with van der Waals surface area (Å²) in [5, 5.41) is 10.6. The average Bonchev–Trinajstić information content (AvgIpc) is 3.35. The zero-order valence-corrected chi connectivity index (χ0v) is 16.6. The maximum Gasteiger partial charge on any atom is 0.227 e. The number of likely N-dealkylation sites (tertiary alicyclic amines) is 1. The molecule has 1 aliphatic heterocycles. The van der Waals surface area contributed by atoms with Gasteiger partial charge in [-0.25, -0.2) is 0 Å². The van der Waals surface area contributed by atoms with Gasteiger partial charge in [-0.15, -0.1) is 12.4 Å². The molecule has 1 unspecified atom stereocenters. The summed E-state index contributed by atoms with van der Waals surface area (Å²) in [5.41, 5.74) is 6.33. The molecule has 2 aromatic rings. The molecule has 1 saturated heterocycles. The predicted molar refractivity (Wildman–Crippen MR) is 105 cm³/mol. The quantitative estimate of drug-likeness (QED) is 0.710. The zero-order valence-electron chi connectivity index (χ0n) is 14.9. The minimum absolute atomic E-state index is 0. The highest BCUT2D eigenvalue weighted by atomic mass is 35.5. The molecule has 148 valence electrons. The molecule has 1 fully saturated rings. The molecule has 0 spiro atoms. The number of amides is 2. The van der Waals surface area contributed by atoms with Crippen LogP contribution in [0.3, 0.4) is 0 Å². The summed E-state index contributed by atoms with van der Waals surface area (Å²) in [6.07, 6.45) is 2.32. The first-order valence-electron chi connectivity index (χ1n) is 8.78. The fourth-order valence-corrected chi connectivity index (χ4v) is 3.63. The Hall–Kier alpha value is -1.97. The van der Waals surface area contributed by atoms with Crippen molar-refractivity contribution in [3.05, 3.63) is 22.7 Å². The van der Waals surface area contributed by atoms with Gasteiger partial charge in [0.2, 0.25) is 23.5 Å². The molecule has 2 amide bonds. The molecule has 3 N–H and O–H groups in total. The van der Waals surface area contributed by atoms with Crippen LogP contribution < -0.4 is 11.1 Å². The fourth-order valence-electron chi connectivity index (χ4n) is 2.99. The number of rotatable bonds is 7. The van der Waals surface area contributed by atoms with Crippen molar-refractivity contribution in [2.24, 2.45) is 11.7 Å². The number of nitrogens with two attached hydrogens (primary N) is 1. The second-order valence-corrected chi connectivity index (χ2v) is 7.06. The molecule has 10 heteroatoms. The van der Waals surface area contributed by atoms with Gasteiger partial charge >= 0.3 is 0 Å². The van der Waals surface area contributed by atoms with Crippen LogP contribution in [0.2, 0.25) is 0 Å². The number of piperidine rings is 1. The van der Waals surface area contributed by atoms with Crippen LogP contribution in [0.4, 0.5) is 0 Å². The van der Waals surface area contributed by atoms with Crippen LogP contribution >= 0.6 is 23.7 Å². The Kier molecular flexibility index (Phi) is 8.21. The number of hydrogen-bond donors (Lipinski definition) is 2. The molecule has 8 nitrogen and oxygen atoms in total. The number of aromatic nitrogens is 2. The van der Waals surface area contributed by atoms with Gasteiger partial charge < -0.3 is 20.5 Å². The van der Waals surface area contributed by atoms with Gasteiger partial charge in [0.15, 0.2) is 0 Å². The van der Waals surface area contributed by atoms with Crippen molar-refractivity contribution in [1.82, 2.24) is 20.4 Å². The van der Waals surface area contributed by atoms with Gasteiger partial charge in [0.1, 0.15) is 0 Å². The van der Waals surface area contributed by atoms with Crippen LogP contribution in [-0.4, -0.2) is 53.0 Å². The maximum absolute atomic E-state index is 12.5. The van der Waals surface area contributed by atoms with E-state index >= 15 is 0 Å². The Balaban J connectivity index is 0.00000261. The van der Waals surface area contributed by atoms with Crippen LogP contribution in [0.1, 0.15) is 25.2 Å². The molecule has 3 heterocycles. The molecule has 0 saturated carbocycles. The number of carbonyl (C=O) groups excluding carboxylic acids is 2. The van der Waals surface area contributed by atoms with Gasteiger partial charge in [-0.2, -0.15) is 16.3 Å². The summed E-state index contributed by atoms with van der Waals surface area (Å²) in [7, 11) is 0. The van der Waals surface area contributed by atoms with Crippen LogP contribution in [0.25, 0.3) is 11.4 Å². The lowest BCUT2D eigenvalue weighted by Gasteiger charge is -2.32. The fraction of sp³-hybridized carbons (Fsp3) is 0.529. The van der Waals surface area contributed by atoms with Crippen molar-refractivity contribution in [3.8, 4) is 11.4 Å². The average molecular weight is 414 g/mol. The van der Waals surface area contributed by atoms with Gasteiger partial charge in [-0.3, -0.25) is 9.59 Å². The summed E-state index contributed by atoms with van der Waals surface area (Å²) < 4.78 is 5.23. The first kappa shape index (κ1) is 21.3. The second-order valence-electron chi connectivity index (χ2n) is 6.28. The minimum atomic E-state index is -0.159. The van der Waals surface area contributed by atoms with E-state index in [-0.39, 0.29) is 30.1 Å². The monoisotopic (exact) mass is 413 g/mol. The Morgan fingerprint density at radius 2 is 2.30 bits per heavy atom. The molecule has 0 aliphatic carbocycles. The van der Waals surface area contributed by atoms with E-state index in [1.807, 2.05) is 16.8 Å². The van der Waals surface area contributed by atoms with Crippen molar-refractivity contribution in [3.63, 3.8) is 0 Å². The largest absolute Gasteiger partial charge is 0.355 e. The van der Waals surface area contributed by atoms with E-state index in [1.54, 1.807) is 16.2 Å². The normalized spacial score (nSPS) is 16.6. The summed E-state index contributed by atoms with van der Waals surface area (Å²) in [5.74, 6) is 0.826. The van der Waals surface area contributed by atoms with E-state index in [9.17, 15) is 9.59 Å². The Bertz CT molecular complexity index is 737. The third-order valence-electron chi connectivity index (χ3n) is 4.39. The van der Waals surface area contributed by atoms with E-state index in [1.165, 1.54) is 0 Å². The van der Waals surface area contributed by atoms with E-state index in [0.717, 1.165) is 18.4 Å². The van der Waals surface area contributed by atoms with Crippen LogP contribution in [0.15, 0.2) is 21.3 Å². The number of nitrogens with zero attached hydrogens (tertiary/aromatic N) is 3. The van der Waals surface area contributed by atoms with Crippen molar-refractivity contribution >= 4 is 35.6 Å². The van der Waals surface area contributed by atoms with E-state index < -0.39 is 0 Å². The van der Waals surface area contributed by atoms with Crippen molar-refractivity contribution < 1.29 is 14.1 Å². The highest BCUT2D eigenvalue weighted by Crippen LogP contribution is 2.20. The minimum Gasteiger partial charge on any atom is -0.355 e. The molecular formula is C17H24ClN5O3S. The molecule has 0 aromatic carbocycles. The molecular weight excluding hydrogens is 390 g/mol. The third-order valence-corrected chi connectivity index (χ3v) is 5.07. The van der Waals surface area contributed by atoms with Crippen molar-refractivity contribution in [2.75, 3.05) is 26.2 Å². The van der Waals surface area contributed by atoms with Gasteiger partial charge in [0.05, 0.1) is 5.92 Å². The molecule has 2 aromatic heterocycles. The standard InChI is InChI=1S/C17H23N5O3S.ClH/c18-6-7-19-17(24)12-2-1-8-22(10-12)15(23)4-3-14-20-16(21-25-14)13-5-9-26-11-13;/h5,9,11-12H,1-4,6-8,10,18H2,(H,19,24);1H. The summed E-state index contributed by atoms with van der Waals surface area (Å²) in [4.78, 5) is 30.6. The van der Waals surface area contributed by atoms with E-state index in [0.29, 0.717) is 50.7 Å². The lowest BCUT2D eigenvalue weighted by Crippen LogP contribution is -2.46. The highest BCUT2D eigenvalue weighted by molar-refractivity contribution is 7.08. The molecule has 1 aliphatic rings. The topological polar surface area (TPSA) is 114 Å². The first-order chi connectivity index (χ1) is 12.7. The van der Waals surface area contributed by atoms with Crippen molar-refractivity contribution in [1.29, 1.82) is 0 Å². The van der Waals surface area contributed by atoms with Crippen LogP contribution in [0, 0.1) is 5.92 Å². The smallest absolute Gasteiger partial charge is 0.227 e. The summed E-state index contributed by atoms with van der Waals surface area (Å²) in [6.45, 7) is 2.02. The molecule has 0 radical (unpaired) electrons. The molecule has 0 bridgehead atoms. The number of nitrogens with one attached hydrogen (secondary N) is 1. The summed E-state index contributed by atoms with van der Waals surface area (Å²) >= 11 is 1.57. The van der Waals surface area contributed by atoms with Crippen LogP contribution in [0.5, 0.6) is 0 Å². The Morgan fingerprint density at radius 3 is 3.04 bits per heavy atom. The maximum atomic E-state index is 12.5. The number of hydrogen-bond acceptors (Lipinski definition) is 7. The number of carbonyl (C=O) groups is 2. The lowest BCUT2D eigenvalue weighted by atomic mass is 9.96. The lowest BCUT2D eigenvalue weighted by molar-refractivity contribution is -0.135. The van der Waals surface area contributed by atoms with Gasteiger partial charge in [-0.05, 0) is 24.3 Å². The zero-order chi connectivity index (χ0) is 18.4. The highest BCUT2D eigenvalue weighted by Gasteiger charge is 2.28. The number of aryl methyl sites for hydroxylation is 1.